The number of ether oxygens (including phenoxy) is 1. The van der Waals surface area contributed by atoms with Crippen LogP contribution in [0.1, 0.15) is 37.0 Å². The maximum Gasteiger partial charge on any atom is 0.256 e. The highest BCUT2D eigenvalue weighted by atomic mass is 19.1. The van der Waals surface area contributed by atoms with Crippen molar-refractivity contribution in [3.63, 3.8) is 0 Å². The molecule has 7 nitrogen and oxygen atoms in total. The average molecular weight is 439 g/mol. The van der Waals surface area contributed by atoms with E-state index in [4.69, 9.17) is 4.74 Å². The van der Waals surface area contributed by atoms with Gasteiger partial charge in [-0.05, 0) is 44.0 Å². The van der Waals surface area contributed by atoms with Crippen LogP contribution < -0.4 is 5.32 Å². The number of amides is 2. The number of hydrogen-bond donors (Lipinski definition) is 1. The second-order valence-corrected chi connectivity index (χ2v) is 7.96. The molecule has 1 aliphatic rings. The molecule has 0 radical (unpaired) electrons. The van der Waals surface area contributed by atoms with E-state index >= 15 is 0 Å². The smallest absolute Gasteiger partial charge is 0.256 e. The zero-order valence-electron chi connectivity index (χ0n) is 18.5. The van der Waals surface area contributed by atoms with Crippen molar-refractivity contribution in [1.29, 1.82) is 0 Å². The molecule has 2 amide bonds. The van der Waals surface area contributed by atoms with Crippen molar-refractivity contribution >= 4 is 28.5 Å². The zero-order valence-corrected chi connectivity index (χ0v) is 18.5. The SMILES string of the molecule is CCn1c(-c2ccccc2F)nc2cc(NC(C)=O)cc(C(=O)N3CCC(OC)CC3)c21. The quantitative estimate of drug-likeness (QED) is 0.652. The van der Waals surface area contributed by atoms with Gasteiger partial charge in [-0.25, -0.2) is 9.37 Å². The van der Waals surface area contributed by atoms with Gasteiger partial charge < -0.3 is 19.5 Å². The molecule has 2 heterocycles. The number of likely N-dealkylation sites (tertiary alicyclic amines) is 1. The van der Waals surface area contributed by atoms with Gasteiger partial charge in [-0.2, -0.15) is 0 Å². The third-order valence-corrected chi connectivity index (χ3v) is 5.89. The summed E-state index contributed by atoms with van der Waals surface area (Å²) in [5, 5.41) is 2.76. The van der Waals surface area contributed by atoms with Crippen molar-refractivity contribution in [2.24, 2.45) is 0 Å². The van der Waals surface area contributed by atoms with Crippen molar-refractivity contribution in [2.45, 2.75) is 39.3 Å². The number of hydrogen-bond acceptors (Lipinski definition) is 4. The maximum atomic E-state index is 14.6. The summed E-state index contributed by atoms with van der Waals surface area (Å²) in [5.41, 5.74) is 2.47. The predicted octanol–water partition coefficient (Wildman–Crippen LogP) is 4.07. The molecule has 0 saturated carbocycles. The van der Waals surface area contributed by atoms with Crippen molar-refractivity contribution in [3.05, 3.63) is 47.8 Å². The molecule has 1 aliphatic heterocycles. The number of methoxy groups -OCH3 is 1. The summed E-state index contributed by atoms with van der Waals surface area (Å²) in [5.74, 6) is -0.304. The van der Waals surface area contributed by atoms with E-state index in [1.54, 1.807) is 42.3 Å². The third kappa shape index (κ3) is 4.10. The molecular formula is C24H27FN4O3. The van der Waals surface area contributed by atoms with Crippen molar-refractivity contribution in [3.8, 4) is 11.4 Å². The van der Waals surface area contributed by atoms with Gasteiger partial charge in [-0.3, -0.25) is 9.59 Å². The van der Waals surface area contributed by atoms with E-state index in [1.165, 1.54) is 13.0 Å². The first-order valence-electron chi connectivity index (χ1n) is 10.8. The van der Waals surface area contributed by atoms with Gasteiger partial charge in [-0.1, -0.05) is 12.1 Å². The van der Waals surface area contributed by atoms with E-state index in [2.05, 4.69) is 10.3 Å². The number of nitrogens with one attached hydrogen (secondary N) is 1. The average Bonchev–Trinajstić information content (AvgIpc) is 3.16. The minimum Gasteiger partial charge on any atom is -0.381 e. The third-order valence-electron chi connectivity index (χ3n) is 5.89. The van der Waals surface area contributed by atoms with Crippen LogP contribution in [0, 0.1) is 5.82 Å². The van der Waals surface area contributed by atoms with Gasteiger partial charge in [0.15, 0.2) is 0 Å². The molecule has 1 aromatic heterocycles. The molecule has 0 spiro atoms. The van der Waals surface area contributed by atoms with Gasteiger partial charge in [0.2, 0.25) is 5.91 Å². The van der Waals surface area contributed by atoms with Gasteiger partial charge in [-0.15, -0.1) is 0 Å². The number of aryl methyl sites for hydroxylation is 1. The van der Waals surface area contributed by atoms with E-state index in [0.29, 0.717) is 53.3 Å². The van der Waals surface area contributed by atoms with Crippen LogP contribution in [0.2, 0.25) is 0 Å². The normalized spacial score (nSPS) is 14.7. The van der Waals surface area contributed by atoms with E-state index in [0.717, 1.165) is 12.8 Å². The highest BCUT2D eigenvalue weighted by Crippen LogP contribution is 2.32. The van der Waals surface area contributed by atoms with Crippen LogP contribution >= 0.6 is 0 Å². The maximum absolute atomic E-state index is 14.6. The summed E-state index contributed by atoms with van der Waals surface area (Å²) in [6.45, 7) is 5.03. The Kier molecular flexibility index (Phi) is 6.23. The Labute approximate surface area is 186 Å². The van der Waals surface area contributed by atoms with Gasteiger partial charge >= 0.3 is 0 Å². The molecule has 168 valence electrons. The molecule has 32 heavy (non-hydrogen) atoms. The minimum atomic E-state index is -0.380. The molecule has 1 fully saturated rings. The molecule has 0 unspecified atom stereocenters. The molecule has 0 aliphatic carbocycles. The van der Waals surface area contributed by atoms with Gasteiger partial charge in [0.1, 0.15) is 11.6 Å². The standard InChI is InChI=1S/C24H27FN4O3/c1-4-29-22-19(24(31)28-11-9-17(32-3)10-12-28)13-16(26-15(2)30)14-21(22)27-23(29)18-7-5-6-8-20(18)25/h5-8,13-14,17H,4,9-12H2,1-3H3,(H,26,30). The Morgan fingerprint density at radius 1 is 1.22 bits per heavy atom. The number of rotatable bonds is 5. The molecule has 0 bridgehead atoms. The summed E-state index contributed by atoms with van der Waals surface area (Å²) in [7, 11) is 1.69. The van der Waals surface area contributed by atoms with Crippen LogP contribution in [0.4, 0.5) is 10.1 Å². The van der Waals surface area contributed by atoms with Crippen molar-refractivity contribution < 1.29 is 18.7 Å². The predicted molar refractivity (Wildman–Crippen MR) is 121 cm³/mol. The largest absolute Gasteiger partial charge is 0.381 e. The van der Waals surface area contributed by atoms with Crippen LogP contribution in [0.3, 0.4) is 0 Å². The highest BCUT2D eigenvalue weighted by Gasteiger charge is 2.27. The second-order valence-electron chi connectivity index (χ2n) is 7.96. The summed E-state index contributed by atoms with van der Waals surface area (Å²) in [6.07, 6.45) is 1.69. The molecule has 3 aromatic rings. The first kappa shape index (κ1) is 22.0. The van der Waals surface area contributed by atoms with Crippen LogP contribution in [0.25, 0.3) is 22.4 Å². The fourth-order valence-corrected chi connectivity index (χ4v) is 4.33. The van der Waals surface area contributed by atoms with Gasteiger partial charge in [0.05, 0.1) is 28.3 Å². The van der Waals surface area contributed by atoms with Gasteiger partial charge in [0, 0.05) is 39.4 Å². The fraction of sp³-hybridized carbons (Fsp3) is 0.375. The van der Waals surface area contributed by atoms with Crippen LogP contribution in [0.5, 0.6) is 0 Å². The van der Waals surface area contributed by atoms with Crippen molar-refractivity contribution in [1.82, 2.24) is 14.5 Å². The Hall–Kier alpha value is -3.26. The zero-order chi connectivity index (χ0) is 22.8. The molecule has 1 N–H and O–H groups in total. The number of carbonyl (C=O) groups excluding carboxylic acids is 2. The summed E-state index contributed by atoms with van der Waals surface area (Å²) >= 11 is 0. The summed E-state index contributed by atoms with van der Waals surface area (Å²) in [4.78, 5) is 31.8. The molecule has 0 atom stereocenters. The van der Waals surface area contributed by atoms with E-state index in [1.807, 2.05) is 11.5 Å². The Balaban J connectivity index is 1.87. The first-order chi connectivity index (χ1) is 15.4. The lowest BCUT2D eigenvalue weighted by Gasteiger charge is -2.31. The van der Waals surface area contributed by atoms with E-state index in [9.17, 15) is 14.0 Å². The molecule has 4 rings (SSSR count). The van der Waals surface area contributed by atoms with Crippen molar-refractivity contribution in [2.75, 3.05) is 25.5 Å². The van der Waals surface area contributed by atoms with E-state index < -0.39 is 0 Å². The van der Waals surface area contributed by atoms with Crippen LogP contribution in [0.15, 0.2) is 36.4 Å². The summed E-state index contributed by atoms with van der Waals surface area (Å²) < 4.78 is 21.9. The fourth-order valence-electron chi connectivity index (χ4n) is 4.33. The number of piperidine rings is 1. The Morgan fingerprint density at radius 3 is 2.56 bits per heavy atom. The number of nitrogens with zero attached hydrogens (tertiary/aromatic N) is 3. The number of benzene rings is 2. The summed E-state index contributed by atoms with van der Waals surface area (Å²) in [6, 6.07) is 9.87. The lowest BCUT2D eigenvalue weighted by atomic mass is 10.0. The number of aromatic nitrogens is 2. The van der Waals surface area contributed by atoms with Crippen LogP contribution in [-0.2, 0) is 16.1 Å². The van der Waals surface area contributed by atoms with E-state index in [-0.39, 0.29) is 23.7 Å². The van der Waals surface area contributed by atoms with Crippen LogP contribution in [-0.4, -0.2) is 52.6 Å². The molecule has 2 aromatic carbocycles. The monoisotopic (exact) mass is 438 g/mol. The number of anilines is 1. The second kappa shape index (κ2) is 9.08. The lowest BCUT2D eigenvalue weighted by molar-refractivity contribution is -0.114. The Bertz CT molecular complexity index is 1170. The number of imidazole rings is 1. The molecule has 8 heteroatoms. The van der Waals surface area contributed by atoms with Gasteiger partial charge in [0.25, 0.3) is 5.91 Å². The highest BCUT2D eigenvalue weighted by molar-refractivity contribution is 6.08. The number of carbonyl (C=O) groups is 2. The molecular weight excluding hydrogens is 411 g/mol. The number of fused-ring (bicyclic) bond motifs is 1. The number of halogens is 1. The lowest BCUT2D eigenvalue weighted by Crippen LogP contribution is -2.40. The minimum absolute atomic E-state index is 0.133. The first-order valence-corrected chi connectivity index (χ1v) is 10.8. The Morgan fingerprint density at radius 2 is 1.94 bits per heavy atom. The molecule has 1 saturated heterocycles. The topological polar surface area (TPSA) is 76.5 Å².